The zero-order chi connectivity index (χ0) is 12.1. The van der Waals surface area contributed by atoms with Gasteiger partial charge < -0.3 is 10.5 Å². The maximum absolute atomic E-state index is 5.63. The molecule has 1 aromatic rings. The summed E-state index contributed by atoms with van der Waals surface area (Å²) in [4.78, 5) is 0. The molecule has 90 valence electrons. The fraction of sp³-hybridized carbons (Fsp3) is 0.571. The normalized spacial score (nSPS) is 10.6. The van der Waals surface area contributed by atoms with E-state index < -0.39 is 0 Å². The summed E-state index contributed by atoms with van der Waals surface area (Å²) in [6.07, 6.45) is 2.12. The van der Waals surface area contributed by atoms with Crippen molar-refractivity contribution in [3.63, 3.8) is 0 Å². The standard InChI is InChI=1S/C14H23NO/c1-5-16-14-9-10(2)13(7-6-8-15)11(3)12(14)4/h9H,5-8,15H2,1-4H3. The van der Waals surface area contributed by atoms with Crippen molar-refractivity contribution in [1.82, 2.24) is 0 Å². The highest BCUT2D eigenvalue weighted by atomic mass is 16.5. The van der Waals surface area contributed by atoms with Crippen LogP contribution >= 0.6 is 0 Å². The third-order valence-corrected chi connectivity index (χ3v) is 3.14. The van der Waals surface area contributed by atoms with Gasteiger partial charge in [0.2, 0.25) is 0 Å². The lowest BCUT2D eigenvalue weighted by molar-refractivity contribution is 0.337. The quantitative estimate of drug-likeness (QED) is 0.829. The first-order valence-corrected chi connectivity index (χ1v) is 6.04. The smallest absolute Gasteiger partial charge is 0.122 e. The van der Waals surface area contributed by atoms with Gasteiger partial charge in [0.1, 0.15) is 5.75 Å². The number of aryl methyl sites for hydroxylation is 1. The fourth-order valence-corrected chi connectivity index (χ4v) is 2.07. The Labute approximate surface area is 98.8 Å². The van der Waals surface area contributed by atoms with Gasteiger partial charge in [0.25, 0.3) is 0 Å². The number of benzene rings is 1. The summed E-state index contributed by atoms with van der Waals surface area (Å²) in [7, 11) is 0. The van der Waals surface area contributed by atoms with Crippen molar-refractivity contribution in [3.8, 4) is 5.75 Å². The molecule has 0 fully saturated rings. The number of hydrogen-bond donors (Lipinski definition) is 1. The van der Waals surface area contributed by atoms with Crippen LogP contribution in [-0.2, 0) is 6.42 Å². The monoisotopic (exact) mass is 221 g/mol. The molecule has 0 saturated carbocycles. The van der Waals surface area contributed by atoms with E-state index in [0.29, 0.717) is 0 Å². The van der Waals surface area contributed by atoms with Crippen LogP contribution in [-0.4, -0.2) is 13.2 Å². The minimum absolute atomic E-state index is 0.724. The summed E-state index contributed by atoms with van der Waals surface area (Å²) >= 11 is 0. The summed E-state index contributed by atoms with van der Waals surface area (Å²) in [6.45, 7) is 9.96. The van der Waals surface area contributed by atoms with E-state index in [0.717, 1.165) is 31.7 Å². The Kier molecular flexibility index (Phi) is 4.81. The second kappa shape index (κ2) is 5.90. The van der Waals surface area contributed by atoms with E-state index in [-0.39, 0.29) is 0 Å². The first-order valence-electron chi connectivity index (χ1n) is 6.04. The van der Waals surface area contributed by atoms with Crippen molar-refractivity contribution in [2.75, 3.05) is 13.2 Å². The van der Waals surface area contributed by atoms with Gasteiger partial charge in [-0.1, -0.05) is 0 Å². The lowest BCUT2D eigenvalue weighted by Crippen LogP contribution is -2.05. The molecule has 0 aromatic heterocycles. The second-order valence-electron chi connectivity index (χ2n) is 4.25. The molecular formula is C14H23NO. The summed E-state index contributed by atoms with van der Waals surface area (Å²) in [6, 6.07) is 2.15. The van der Waals surface area contributed by atoms with Crippen molar-refractivity contribution >= 4 is 0 Å². The molecule has 0 unspecified atom stereocenters. The predicted octanol–water partition coefficient (Wildman–Crippen LogP) is 2.90. The summed E-state index contributed by atoms with van der Waals surface area (Å²) in [5.41, 5.74) is 10.9. The van der Waals surface area contributed by atoms with Crippen molar-refractivity contribution < 1.29 is 4.74 Å². The van der Waals surface area contributed by atoms with E-state index in [9.17, 15) is 0 Å². The third-order valence-electron chi connectivity index (χ3n) is 3.14. The third kappa shape index (κ3) is 2.76. The van der Waals surface area contributed by atoms with Crippen molar-refractivity contribution in [1.29, 1.82) is 0 Å². The Hall–Kier alpha value is -1.02. The highest BCUT2D eigenvalue weighted by Crippen LogP contribution is 2.28. The lowest BCUT2D eigenvalue weighted by Gasteiger charge is -2.16. The van der Waals surface area contributed by atoms with E-state index in [1.54, 1.807) is 0 Å². The van der Waals surface area contributed by atoms with E-state index in [2.05, 4.69) is 26.8 Å². The molecule has 2 heteroatoms. The molecule has 16 heavy (non-hydrogen) atoms. The summed E-state index contributed by atoms with van der Waals surface area (Å²) in [5, 5.41) is 0. The SMILES string of the molecule is CCOc1cc(C)c(CCCN)c(C)c1C. The molecule has 0 aliphatic rings. The summed E-state index contributed by atoms with van der Waals surface area (Å²) in [5.74, 6) is 1.02. The van der Waals surface area contributed by atoms with Gasteiger partial charge in [-0.3, -0.25) is 0 Å². The first-order chi connectivity index (χ1) is 7.61. The molecule has 0 radical (unpaired) electrons. The van der Waals surface area contributed by atoms with E-state index in [1.807, 2.05) is 6.92 Å². The van der Waals surface area contributed by atoms with Crippen LogP contribution in [0.15, 0.2) is 6.07 Å². The molecule has 0 atom stereocenters. The zero-order valence-corrected chi connectivity index (χ0v) is 10.9. The van der Waals surface area contributed by atoms with Crippen LogP contribution < -0.4 is 10.5 Å². The predicted molar refractivity (Wildman–Crippen MR) is 69.2 cm³/mol. The molecule has 2 N–H and O–H groups in total. The molecule has 0 spiro atoms. The summed E-state index contributed by atoms with van der Waals surface area (Å²) < 4.78 is 5.63. The Morgan fingerprint density at radius 1 is 1.19 bits per heavy atom. The fourth-order valence-electron chi connectivity index (χ4n) is 2.07. The highest BCUT2D eigenvalue weighted by molar-refractivity contribution is 5.48. The van der Waals surface area contributed by atoms with Crippen molar-refractivity contribution in [2.45, 2.75) is 40.5 Å². The molecule has 0 saturated heterocycles. The van der Waals surface area contributed by atoms with Crippen LogP contribution in [0.25, 0.3) is 0 Å². The number of rotatable bonds is 5. The molecule has 1 rings (SSSR count). The van der Waals surface area contributed by atoms with Crippen LogP contribution in [0.1, 0.15) is 35.6 Å². The zero-order valence-electron chi connectivity index (χ0n) is 10.9. The minimum Gasteiger partial charge on any atom is -0.494 e. The van der Waals surface area contributed by atoms with Crippen LogP contribution in [0, 0.1) is 20.8 Å². The van der Waals surface area contributed by atoms with Gasteiger partial charge in [0.15, 0.2) is 0 Å². The first kappa shape index (κ1) is 13.0. The van der Waals surface area contributed by atoms with E-state index >= 15 is 0 Å². The van der Waals surface area contributed by atoms with Gasteiger partial charge in [0, 0.05) is 0 Å². The maximum atomic E-state index is 5.63. The van der Waals surface area contributed by atoms with Gasteiger partial charge in [-0.05, 0) is 75.4 Å². The molecule has 0 bridgehead atoms. The topological polar surface area (TPSA) is 35.2 Å². The molecule has 0 aliphatic heterocycles. The van der Waals surface area contributed by atoms with Gasteiger partial charge in [0.05, 0.1) is 6.61 Å². The van der Waals surface area contributed by atoms with E-state index in [4.69, 9.17) is 10.5 Å². The van der Waals surface area contributed by atoms with Gasteiger partial charge in [-0.25, -0.2) is 0 Å². The molecule has 0 heterocycles. The van der Waals surface area contributed by atoms with Crippen LogP contribution in [0.3, 0.4) is 0 Å². The molecule has 2 nitrogen and oxygen atoms in total. The Morgan fingerprint density at radius 3 is 2.44 bits per heavy atom. The van der Waals surface area contributed by atoms with Crippen LogP contribution in [0.5, 0.6) is 5.75 Å². The molecule has 0 amide bonds. The van der Waals surface area contributed by atoms with Crippen LogP contribution in [0.2, 0.25) is 0 Å². The Bertz CT molecular complexity index is 358. The lowest BCUT2D eigenvalue weighted by atomic mass is 9.94. The molecular weight excluding hydrogens is 198 g/mol. The van der Waals surface area contributed by atoms with Gasteiger partial charge in [-0.2, -0.15) is 0 Å². The Morgan fingerprint density at radius 2 is 1.88 bits per heavy atom. The average Bonchev–Trinajstić information content (AvgIpc) is 2.26. The van der Waals surface area contributed by atoms with Crippen molar-refractivity contribution in [3.05, 3.63) is 28.3 Å². The largest absolute Gasteiger partial charge is 0.494 e. The Balaban J connectivity index is 3.07. The van der Waals surface area contributed by atoms with Crippen molar-refractivity contribution in [2.24, 2.45) is 5.73 Å². The maximum Gasteiger partial charge on any atom is 0.122 e. The van der Waals surface area contributed by atoms with Crippen LogP contribution in [0.4, 0.5) is 0 Å². The molecule has 0 aliphatic carbocycles. The highest BCUT2D eigenvalue weighted by Gasteiger charge is 2.10. The average molecular weight is 221 g/mol. The second-order valence-corrected chi connectivity index (χ2v) is 4.25. The van der Waals surface area contributed by atoms with Gasteiger partial charge in [-0.15, -0.1) is 0 Å². The number of nitrogens with two attached hydrogens (primary N) is 1. The van der Waals surface area contributed by atoms with Gasteiger partial charge >= 0.3 is 0 Å². The number of ether oxygens (including phenoxy) is 1. The molecule has 1 aromatic carbocycles. The number of hydrogen-bond acceptors (Lipinski definition) is 2. The minimum atomic E-state index is 0.724. The van der Waals surface area contributed by atoms with E-state index in [1.165, 1.54) is 22.3 Å².